The van der Waals surface area contributed by atoms with Gasteiger partial charge in [0, 0.05) is 17.2 Å². The third kappa shape index (κ3) is 6.64. The van der Waals surface area contributed by atoms with E-state index in [1.165, 1.54) is 41.4 Å². The highest BCUT2D eigenvalue weighted by Gasteiger charge is 2.02. The number of thioether (sulfide) groups is 1. The molecule has 0 heterocycles. The molecule has 0 fully saturated rings. The van der Waals surface area contributed by atoms with Gasteiger partial charge in [0.15, 0.2) is 0 Å². The largest absolute Gasteiger partial charge is 0.355 e. The van der Waals surface area contributed by atoms with E-state index >= 15 is 0 Å². The van der Waals surface area contributed by atoms with Crippen LogP contribution in [0.5, 0.6) is 0 Å². The standard InChI is InChI=1S/C17H19FN2OS2/c18-15-5-1-14(2-6-15)11-22-12-17(21)20-10-9-13-3-7-16(23-19)8-4-13/h1-8H,9-12,19H2,(H,20,21). The molecule has 1 amide bonds. The molecule has 0 radical (unpaired) electrons. The van der Waals surface area contributed by atoms with E-state index in [9.17, 15) is 9.18 Å². The minimum absolute atomic E-state index is 0.0197. The predicted molar refractivity (Wildman–Crippen MR) is 95.8 cm³/mol. The number of halogens is 1. The number of amides is 1. The normalized spacial score (nSPS) is 10.5. The van der Waals surface area contributed by atoms with Crippen LogP contribution in [0.25, 0.3) is 0 Å². The zero-order valence-electron chi connectivity index (χ0n) is 12.6. The van der Waals surface area contributed by atoms with Crippen molar-refractivity contribution in [1.82, 2.24) is 5.32 Å². The van der Waals surface area contributed by atoms with Crippen molar-refractivity contribution in [2.75, 3.05) is 12.3 Å². The van der Waals surface area contributed by atoms with Crippen molar-refractivity contribution < 1.29 is 9.18 Å². The first-order valence-electron chi connectivity index (χ1n) is 7.22. The minimum atomic E-state index is -0.241. The highest BCUT2D eigenvalue weighted by atomic mass is 32.2. The topological polar surface area (TPSA) is 55.1 Å². The second-order valence-corrected chi connectivity index (χ2v) is 6.67. The summed E-state index contributed by atoms with van der Waals surface area (Å²) in [6, 6.07) is 14.3. The Hall–Kier alpha value is -1.50. The lowest BCUT2D eigenvalue weighted by Gasteiger charge is -2.06. The lowest BCUT2D eigenvalue weighted by atomic mass is 10.1. The van der Waals surface area contributed by atoms with Crippen molar-refractivity contribution in [2.45, 2.75) is 17.1 Å². The van der Waals surface area contributed by atoms with Gasteiger partial charge in [-0.25, -0.2) is 4.39 Å². The molecule has 3 nitrogen and oxygen atoms in total. The number of hydrogen-bond acceptors (Lipinski definition) is 4. The van der Waals surface area contributed by atoms with Gasteiger partial charge in [-0.3, -0.25) is 9.93 Å². The third-order valence-corrected chi connectivity index (χ3v) is 4.76. The smallest absolute Gasteiger partial charge is 0.230 e. The first-order chi connectivity index (χ1) is 11.2. The Morgan fingerprint density at radius 1 is 1.04 bits per heavy atom. The van der Waals surface area contributed by atoms with Gasteiger partial charge in [0.05, 0.1) is 5.75 Å². The van der Waals surface area contributed by atoms with E-state index in [1.54, 1.807) is 12.1 Å². The van der Waals surface area contributed by atoms with Gasteiger partial charge in [0.1, 0.15) is 5.82 Å². The molecule has 0 aliphatic carbocycles. The molecule has 0 aromatic heterocycles. The van der Waals surface area contributed by atoms with Crippen LogP contribution in [0.1, 0.15) is 11.1 Å². The maximum atomic E-state index is 12.8. The summed E-state index contributed by atoms with van der Waals surface area (Å²) in [7, 11) is 0. The summed E-state index contributed by atoms with van der Waals surface area (Å²) in [6.07, 6.45) is 0.796. The summed E-state index contributed by atoms with van der Waals surface area (Å²) >= 11 is 2.74. The van der Waals surface area contributed by atoms with Crippen LogP contribution >= 0.6 is 23.7 Å². The molecule has 122 valence electrons. The lowest BCUT2D eigenvalue weighted by molar-refractivity contribution is -0.118. The number of carbonyl (C=O) groups excluding carboxylic acids is 1. The Kier molecular flexibility index (Phi) is 7.45. The fraction of sp³-hybridized carbons (Fsp3) is 0.235. The molecule has 2 aromatic rings. The number of carbonyl (C=O) groups is 1. The molecule has 0 atom stereocenters. The summed E-state index contributed by atoms with van der Waals surface area (Å²) in [6.45, 7) is 0.616. The van der Waals surface area contributed by atoms with E-state index in [2.05, 4.69) is 5.32 Å². The third-order valence-electron chi connectivity index (χ3n) is 3.21. The Labute approximate surface area is 144 Å². The van der Waals surface area contributed by atoms with Gasteiger partial charge in [-0.15, -0.1) is 11.8 Å². The minimum Gasteiger partial charge on any atom is -0.355 e. The summed E-state index contributed by atoms with van der Waals surface area (Å²) in [4.78, 5) is 12.8. The zero-order valence-corrected chi connectivity index (χ0v) is 14.3. The van der Waals surface area contributed by atoms with E-state index in [0.29, 0.717) is 18.1 Å². The van der Waals surface area contributed by atoms with Crippen molar-refractivity contribution in [2.24, 2.45) is 5.14 Å². The van der Waals surface area contributed by atoms with Crippen LogP contribution in [0.3, 0.4) is 0 Å². The summed E-state index contributed by atoms with van der Waals surface area (Å²) < 4.78 is 12.8. The Balaban J connectivity index is 1.62. The van der Waals surface area contributed by atoms with Crippen molar-refractivity contribution in [3.8, 4) is 0 Å². The Morgan fingerprint density at radius 3 is 2.35 bits per heavy atom. The monoisotopic (exact) mass is 350 g/mol. The second kappa shape index (κ2) is 9.60. The summed E-state index contributed by atoms with van der Waals surface area (Å²) in [5.41, 5.74) is 2.18. The van der Waals surface area contributed by atoms with Crippen LogP contribution in [0.2, 0.25) is 0 Å². The Bertz CT molecular complexity index is 617. The molecule has 0 spiro atoms. The molecule has 0 unspecified atom stereocenters. The van der Waals surface area contributed by atoms with Gasteiger partial charge < -0.3 is 5.32 Å². The van der Waals surface area contributed by atoms with Crippen molar-refractivity contribution >= 4 is 29.6 Å². The first kappa shape index (κ1) is 17.8. The van der Waals surface area contributed by atoms with Gasteiger partial charge in [0.25, 0.3) is 0 Å². The van der Waals surface area contributed by atoms with E-state index in [4.69, 9.17) is 5.14 Å². The summed E-state index contributed by atoms with van der Waals surface area (Å²) in [5, 5.41) is 8.38. The van der Waals surface area contributed by atoms with Gasteiger partial charge in [-0.2, -0.15) is 0 Å². The van der Waals surface area contributed by atoms with E-state index < -0.39 is 0 Å². The lowest BCUT2D eigenvalue weighted by Crippen LogP contribution is -2.27. The van der Waals surface area contributed by atoms with Crippen LogP contribution < -0.4 is 10.5 Å². The fourth-order valence-electron chi connectivity index (χ4n) is 1.97. The average molecular weight is 350 g/mol. The van der Waals surface area contributed by atoms with Crippen molar-refractivity contribution in [1.29, 1.82) is 0 Å². The SMILES string of the molecule is NSc1ccc(CCNC(=O)CSCc2ccc(F)cc2)cc1. The zero-order chi connectivity index (χ0) is 16.5. The second-order valence-electron chi connectivity index (χ2n) is 4.98. The molecule has 0 aliphatic heterocycles. The molecule has 2 rings (SSSR count). The molecule has 23 heavy (non-hydrogen) atoms. The van der Waals surface area contributed by atoms with Gasteiger partial charge in [-0.1, -0.05) is 24.3 Å². The van der Waals surface area contributed by atoms with Crippen LogP contribution in [-0.2, 0) is 17.0 Å². The number of hydrogen-bond donors (Lipinski definition) is 2. The Morgan fingerprint density at radius 2 is 1.70 bits per heavy atom. The maximum absolute atomic E-state index is 12.8. The molecule has 0 bridgehead atoms. The number of nitrogens with one attached hydrogen (secondary N) is 1. The van der Waals surface area contributed by atoms with Gasteiger partial charge >= 0.3 is 0 Å². The molecule has 0 aliphatic rings. The van der Waals surface area contributed by atoms with Crippen LogP contribution in [-0.4, -0.2) is 18.2 Å². The molecule has 0 saturated carbocycles. The fourth-order valence-corrected chi connectivity index (χ4v) is 3.09. The summed E-state index contributed by atoms with van der Waals surface area (Å²) in [5.74, 6) is 0.882. The molecule has 6 heteroatoms. The number of benzene rings is 2. The first-order valence-corrected chi connectivity index (χ1v) is 9.25. The van der Waals surface area contributed by atoms with Gasteiger partial charge in [0.2, 0.25) is 5.91 Å². The van der Waals surface area contributed by atoms with Crippen molar-refractivity contribution in [3.05, 3.63) is 65.5 Å². The van der Waals surface area contributed by atoms with Gasteiger partial charge in [-0.05, 0) is 53.8 Å². The van der Waals surface area contributed by atoms with E-state index in [0.717, 1.165) is 16.9 Å². The molecule has 2 aromatic carbocycles. The molecule has 3 N–H and O–H groups in total. The average Bonchev–Trinajstić information content (AvgIpc) is 2.57. The van der Waals surface area contributed by atoms with E-state index in [1.807, 2.05) is 24.3 Å². The highest BCUT2D eigenvalue weighted by molar-refractivity contribution is 7.99. The molecule has 0 saturated heterocycles. The maximum Gasteiger partial charge on any atom is 0.230 e. The quantitative estimate of drug-likeness (QED) is 0.717. The molecular formula is C17H19FN2OS2. The number of nitrogens with two attached hydrogens (primary N) is 1. The molecular weight excluding hydrogens is 331 g/mol. The van der Waals surface area contributed by atoms with Crippen molar-refractivity contribution in [3.63, 3.8) is 0 Å². The van der Waals surface area contributed by atoms with Crippen LogP contribution in [0, 0.1) is 5.82 Å². The van der Waals surface area contributed by atoms with E-state index in [-0.39, 0.29) is 11.7 Å². The van der Waals surface area contributed by atoms with Crippen LogP contribution in [0.15, 0.2) is 53.4 Å². The highest BCUT2D eigenvalue weighted by Crippen LogP contribution is 2.13. The van der Waals surface area contributed by atoms with Crippen LogP contribution in [0.4, 0.5) is 4.39 Å². The number of rotatable bonds is 8. The predicted octanol–water partition coefficient (Wildman–Crippen LogP) is 3.38.